The Morgan fingerprint density at radius 2 is 1.78 bits per heavy atom. The second-order valence-electron chi connectivity index (χ2n) is 1.80. The van der Waals surface area contributed by atoms with Crippen LogP contribution in [-0.2, 0) is 0 Å². The van der Waals surface area contributed by atoms with E-state index >= 15 is 0 Å². The summed E-state index contributed by atoms with van der Waals surface area (Å²) >= 11 is 4.92. The van der Waals surface area contributed by atoms with Crippen LogP contribution in [0.1, 0.15) is 6.92 Å². The first-order valence-electron chi connectivity index (χ1n) is 2.78. The third kappa shape index (κ3) is 1.57. The van der Waals surface area contributed by atoms with Crippen LogP contribution < -0.4 is 4.57 Å². The normalized spacial score (nSPS) is 9.00. The van der Waals surface area contributed by atoms with E-state index in [1.54, 1.807) is 0 Å². The first-order valence-corrected chi connectivity index (χ1v) is 3.19. The molecule has 0 saturated heterocycles. The van der Waals surface area contributed by atoms with Crippen LogP contribution in [0, 0.1) is 0 Å². The highest BCUT2D eigenvalue weighted by Gasteiger charge is 1.96. The van der Waals surface area contributed by atoms with Gasteiger partial charge in [-0.25, -0.2) is 0 Å². The lowest BCUT2D eigenvalue weighted by atomic mass is 10.5. The summed E-state index contributed by atoms with van der Waals surface area (Å²) < 4.78 is 1.90. The molecule has 0 radical (unpaired) electrons. The molecule has 1 heterocycles. The van der Waals surface area contributed by atoms with Gasteiger partial charge >= 0.3 is 0 Å². The van der Waals surface area contributed by atoms with Crippen LogP contribution in [0.15, 0.2) is 30.6 Å². The Morgan fingerprint density at radius 3 is 2.11 bits per heavy atom. The molecule has 2 heteroatoms. The Balaban J connectivity index is 2.98. The predicted octanol–water partition coefficient (Wildman–Crippen LogP) is 1.17. The topological polar surface area (TPSA) is 3.88 Å². The predicted molar refractivity (Wildman–Crippen MR) is 40.3 cm³/mol. The van der Waals surface area contributed by atoms with Crippen molar-refractivity contribution in [3.05, 3.63) is 30.6 Å². The Bertz CT molecular complexity index is 205. The van der Waals surface area contributed by atoms with E-state index in [-0.39, 0.29) is 0 Å². The monoisotopic (exact) mass is 138 g/mol. The average molecular weight is 138 g/mol. The fourth-order valence-electron chi connectivity index (χ4n) is 0.609. The van der Waals surface area contributed by atoms with Crippen molar-refractivity contribution in [1.82, 2.24) is 0 Å². The van der Waals surface area contributed by atoms with Crippen LogP contribution in [0.25, 0.3) is 0 Å². The molecule has 0 fully saturated rings. The Morgan fingerprint density at radius 1 is 1.22 bits per heavy atom. The van der Waals surface area contributed by atoms with Gasteiger partial charge in [-0.15, -0.1) is 0 Å². The molecule has 0 atom stereocenters. The van der Waals surface area contributed by atoms with Gasteiger partial charge in [-0.05, 0) is 12.2 Å². The largest absolute Gasteiger partial charge is 0.249 e. The number of hydrogen-bond acceptors (Lipinski definition) is 1. The summed E-state index contributed by atoms with van der Waals surface area (Å²) in [7, 11) is 0. The van der Waals surface area contributed by atoms with Crippen molar-refractivity contribution >= 4 is 17.2 Å². The summed E-state index contributed by atoms with van der Waals surface area (Å²) in [5.41, 5.74) is 0. The maximum atomic E-state index is 4.92. The third-order valence-electron chi connectivity index (χ3n) is 1.08. The second kappa shape index (κ2) is 2.69. The number of pyridine rings is 1. The highest BCUT2D eigenvalue weighted by Crippen LogP contribution is 1.76. The first-order chi connectivity index (χ1) is 4.30. The molecule has 1 rings (SSSR count). The molecular formula is C7H8NS+. The fraction of sp³-hybridized carbons (Fsp3) is 0.143. The van der Waals surface area contributed by atoms with Crippen LogP contribution in [0.5, 0.6) is 0 Å². The molecule has 0 spiro atoms. The van der Waals surface area contributed by atoms with Crippen LogP contribution in [0.2, 0.25) is 0 Å². The molecule has 0 aliphatic rings. The minimum Gasteiger partial charge on any atom is -0.162 e. The van der Waals surface area contributed by atoms with Crippen molar-refractivity contribution in [2.24, 2.45) is 0 Å². The number of hydrogen-bond donors (Lipinski definition) is 0. The van der Waals surface area contributed by atoms with Crippen molar-refractivity contribution in [2.75, 3.05) is 0 Å². The van der Waals surface area contributed by atoms with Crippen LogP contribution >= 0.6 is 12.2 Å². The van der Waals surface area contributed by atoms with E-state index in [0.717, 1.165) is 4.99 Å². The Kier molecular flexibility index (Phi) is 1.90. The molecule has 0 amide bonds. The quantitative estimate of drug-likeness (QED) is 0.384. The lowest BCUT2D eigenvalue weighted by molar-refractivity contribution is -0.552. The molecule has 9 heavy (non-hydrogen) atoms. The number of rotatable bonds is 0. The van der Waals surface area contributed by atoms with Gasteiger partial charge < -0.3 is 0 Å². The third-order valence-corrected chi connectivity index (χ3v) is 1.29. The lowest BCUT2D eigenvalue weighted by Gasteiger charge is -1.86. The smallest absolute Gasteiger partial charge is 0.162 e. The van der Waals surface area contributed by atoms with Crippen molar-refractivity contribution in [3.8, 4) is 0 Å². The van der Waals surface area contributed by atoms with Gasteiger partial charge in [-0.1, -0.05) is 6.07 Å². The van der Waals surface area contributed by atoms with E-state index in [9.17, 15) is 0 Å². The van der Waals surface area contributed by atoms with Gasteiger partial charge in [-0.3, -0.25) is 0 Å². The molecule has 0 aliphatic heterocycles. The number of thiocarbonyl (C=S) groups is 1. The van der Waals surface area contributed by atoms with Crippen LogP contribution in [0.3, 0.4) is 0 Å². The van der Waals surface area contributed by atoms with E-state index in [2.05, 4.69) is 0 Å². The molecule has 1 aromatic rings. The maximum absolute atomic E-state index is 4.92. The molecule has 1 aromatic heterocycles. The maximum Gasteiger partial charge on any atom is 0.249 e. The Labute approximate surface area is 59.9 Å². The summed E-state index contributed by atoms with van der Waals surface area (Å²) in [6, 6.07) is 5.88. The molecule has 1 nitrogen and oxygen atoms in total. The van der Waals surface area contributed by atoms with Gasteiger partial charge in [-0.2, -0.15) is 4.57 Å². The lowest BCUT2D eigenvalue weighted by Crippen LogP contribution is -2.37. The van der Waals surface area contributed by atoms with Crippen LogP contribution in [-0.4, -0.2) is 4.99 Å². The SMILES string of the molecule is CC(=S)[n+]1ccccc1. The van der Waals surface area contributed by atoms with Gasteiger partial charge in [0.15, 0.2) is 12.4 Å². The molecule has 0 saturated carbocycles. The molecule has 0 bridgehead atoms. The minimum atomic E-state index is 0.871. The van der Waals surface area contributed by atoms with E-state index in [4.69, 9.17) is 12.2 Å². The number of nitrogens with zero attached hydrogens (tertiary/aromatic N) is 1. The minimum absolute atomic E-state index is 0.871. The van der Waals surface area contributed by atoms with Gasteiger partial charge in [0.1, 0.15) is 0 Å². The molecule has 0 N–H and O–H groups in total. The standard InChI is InChI=1S/C7H8NS/c1-7(9)8-5-3-2-4-6-8/h2-6H,1H3/q+1. The van der Waals surface area contributed by atoms with Crippen molar-refractivity contribution in [3.63, 3.8) is 0 Å². The first kappa shape index (κ1) is 6.36. The zero-order valence-corrected chi connectivity index (χ0v) is 6.06. The highest BCUT2D eigenvalue weighted by molar-refractivity contribution is 7.79. The molecule has 46 valence electrons. The second-order valence-corrected chi connectivity index (χ2v) is 2.39. The summed E-state index contributed by atoms with van der Waals surface area (Å²) in [4.78, 5) is 0.871. The van der Waals surface area contributed by atoms with E-state index in [1.807, 2.05) is 42.1 Å². The summed E-state index contributed by atoms with van der Waals surface area (Å²) in [5.74, 6) is 0. The van der Waals surface area contributed by atoms with Gasteiger partial charge in [0.05, 0.1) is 0 Å². The summed E-state index contributed by atoms with van der Waals surface area (Å²) in [6.45, 7) is 1.90. The number of aromatic nitrogens is 1. The van der Waals surface area contributed by atoms with Crippen molar-refractivity contribution in [1.29, 1.82) is 0 Å². The van der Waals surface area contributed by atoms with Gasteiger partial charge in [0.25, 0.3) is 0 Å². The average Bonchev–Trinajstić information content (AvgIpc) is 1.90. The van der Waals surface area contributed by atoms with Gasteiger partial charge in [0, 0.05) is 19.1 Å². The van der Waals surface area contributed by atoms with Crippen molar-refractivity contribution < 1.29 is 4.57 Å². The summed E-state index contributed by atoms with van der Waals surface area (Å²) in [5, 5.41) is 0. The molecule has 0 aliphatic carbocycles. The van der Waals surface area contributed by atoms with E-state index in [1.165, 1.54) is 0 Å². The van der Waals surface area contributed by atoms with Gasteiger partial charge in [0.2, 0.25) is 4.99 Å². The van der Waals surface area contributed by atoms with Crippen molar-refractivity contribution in [2.45, 2.75) is 6.92 Å². The van der Waals surface area contributed by atoms with E-state index < -0.39 is 0 Å². The molecule has 0 unspecified atom stereocenters. The molecular weight excluding hydrogens is 130 g/mol. The van der Waals surface area contributed by atoms with E-state index in [0.29, 0.717) is 0 Å². The van der Waals surface area contributed by atoms with Crippen LogP contribution in [0.4, 0.5) is 0 Å². The molecule has 0 aromatic carbocycles. The fourth-order valence-corrected chi connectivity index (χ4v) is 0.730. The summed E-state index contributed by atoms with van der Waals surface area (Å²) in [6.07, 6.45) is 3.87. The zero-order chi connectivity index (χ0) is 6.69. The highest BCUT2D eigenvalue weighted by atomic mass is 32.1. The zero-order valence-electron chi connectivity index (χ0n) is 5.24. The Hall–Kier alpha value is -0.760.